The highest BCUT2D eigenvalue weighted by molar-refractivity contribution is 8.17. The average Bonchev–Trinajstić information content (AvgIpc) is 2.43. The highest BCUT2D eigenvalue weighted by Crippen LogP contribution is 2.30. The lowest BCUT2D eigenvalue weighted by molar-refractivity contribution is 0.691. The summed E-state index contributed by atoms with van der Waals surface area (Å²) in [5, 5.41) is 0. The predicted octanol–water partition coefficient (Wildman–Crippen LogP) is 6.73. The third-order valence-corrected chi connectivity index (χ3v) is 6.83. The largest absolute Gasteiger partial charge is 0.253 e. The Morgan fingerprint density at radius 1 is 0.421 bits per heavy atom. The molecule has 19 heavy (non-hydrogen) atoms. The molecule has 0 aliphatic carbocycles. The lowest BCUT2D eigenvalue weighted by Crippen LogP contribution is -2.01. The SMILES string of the molecule is CCCCCC[SH](CCCCCC)CCCCCC. The third kappa shape index (κ3) is 14.6. The predicted molar refractivity (Wildman–Crippen MR) is 96.0 cm³/mol. The Kier molecular flexibility index (Phi) is 16.7. The second-order valence-corrected chi connectivity index (χ2v) is 8.71. The molecule has 0 radical (unpaired) electrons. The van der Waals surface area contributed by atoms with Crippen LogP contribution < -0.4 is 0 Å². The summed E-state index contributed by atoms with van der Waals surface area (Å²) in [4.78, 5) is 0. The molecule has 0 unspecified atom stereocenters. The molecule has 0 aliphatic heterocycles. The molecule has 0 aromatic carbocycles. The van der Waals surface area contributed by atoms with Crippen molar-refractivity contribution in [2.45, 2.75) is 97.8 Å². The van der Waals surface area contributed by atoms with Crippen LogP contribution in [0.1, 0.15) is 97.8 Å². The first-order chi connectivity index (χ1) is 9.35. The van der Waals surface area contributed by atoms with Gasteiger partial charge in [-0.3, -0.25) is 10.9 Å². The zero-order valence-corrected chi connectivity index (χ0v) is 14.9. The van der Waals surface area contributed by atoms with Crippen LogP contribution in [-0.2, 0) is 0 Å². The van der Waals surface area contributed by atoms with E-state index in [-0.39, 0.29) is 0 Å². The van der Waals surface area contributed by atoms with Crippen molar-refractivity contribution in [1.82, 2.24) is 0 Å². The molecule has 0 rings (SSSR count). The molecule has 0 N–H and O–H groups in total. The van der Waals surface area contributed by atoms with Gasteiger partial charge in [-0.2, -0.15) is 0 Å². The Bertz CT molecular complexity index is 127. The van der Waals surface area contributed by atoms with Crippen LogP contribution in [0.15, 0.2) is 0 Å². The average molecular weight is 289 g/mol. The van der Waals surface area contributed by atoms with Crippen molar-refractivity contribution in [3.05, 3.63) is 0 Å². The first-order valence-corrected chi connectivity index (χ1v) is 11.0. The first kappa shape index (κ1) is 19.4. The maximum Gasteiger partial charge on any atom is -0.0253 e. The molecule has 118 valence electrons. The van der Waals surface area contributed by atoms with Crippen LogP contribution in [0, 0.1) is 0 Å². The fourth-order valence-corrected chi connectivity index (χ4v) is 5.31. The monoisotopic (exact) mass is 288 g/mol. The minimum atomic E-state index is 0.389. The van der Waals surface area contributed by atoms with Crippen molar-refractivity contribution in [3.63, 3.8) is 0 Å². The van der Waals surface area contributed by atoms with Gasteiger partial charge in [-0.25, -0.2) is 0 Å². The second kappa shape index (κ2) is 16.4. The van der Waals surface area contributed by atoms with E-state index in [0.29, 0.717) is 10.9 Å². The summed E-state index contributed by atoms with van der Waals surface area (Å²) in [6.07, 6.45) is 17.5. The van der Waals surface area contributed by atoms with Gasteiger partial charge in [0.2, 0.25) is 0 Å². The quantitative estimate of drug-likeness (QED) is 0.251. The molecule has 0 aromatic rings. The molecule has 0 saturated heterocycles. The van der Waals surface area contributed by atoms with Gasteiger partial charge in [-0.05, 0) is 36.5 Å². The normalized spacial score (nSPS) is 11.8. The molecule has 0 amide bonds. The molecular formula is C18H40S. The van der Waals surface area contributed by atoms with Crippen LogP contribution >= 0.6 is 10.9 Å². The summed E-state index contributed by atoms with van der Waals surface area (Å²) >= 11 is 0. The van der Waals surface area contributed by atoms with E-state index >= 15 is 0 Å². The van der Waals surface area contributed by atoms with E-state index in [2.05, 4.69) is 20.8 Å². The second-order valence-electron chi connectivity index (χ2n) is 6.02. The highest BCUT2D eigenvalue weighted by Gasteiger charge is 2.04. The summed E-state index contributed by atoms with van der Waals surface area (Å²) in [6.45, 7) is 6.95. The van der Waals surface area contributed by atoms with E-state index in [1.165, 1.54) is 77.0 Å². The topological polar surface area (TPSA) is 0 Å². The number of unbranched alkanes of at least 4 members (excludes halogenated alkanes) is 9. The molecule has 0 fully saturated rings. The maximum atomic E-state index is 2.32. The van der Waals surface area contributed by atoms with Gasteiger partial charge in [0.15, 0.2) is 0 Å². The maximum absolute atomic E-state index is 2.32. The van der Waals surface area contributed by atoms with Crippen molar-refractivity contribution < 1.29 is 0 Å². The van der Waals surface area contributed by atoms with E-state index in [1.54, 1.807) is 17.3 Å². The fraction of sp³-hybridized carbons (Fsp3) is 1.00. The summed E-state index contributed by atoms with van der Waals surface area (Å²) in [5.41, 5.74) is 0. The Balaban J connectivity index is 3.66. The summed E-state index contributed by atoms with van der Waals surface area (Å²) < 4.78 is 0. The lowest BCUT2D eigenvalue weighted by Gasteiger charge is -2.21. The van der Waals surface area contributed by atoms with Crippen LogP contribution in [0.4, 0.5) is 0 Å². The molecule has 0 bridgehead atoms. The Morgan fingerprint density at radius 3 is 1.00 bits per heavy atom. The number of thiol groups is 1. The zero-order valence-electron chi connectivity index (χ0n) is 14.1. The number of rotatable bonds is 15. The summed E-state index contributed by atoms with van der Waals surface area (Å²) in [5.74, 6) is 4.73. The molecule has 0 atom stereocenters. The Morgan fingerprint density at radius 2 is 0.737 bits per heavy atom. The van der Waals surface area contributed by atoms with E-state index < -0.39 is 0 Å². The fourth-order valence-electron chi connectivity index (χ4n) is 2.62. The van der Waals surface area contributed by atoms with Crippen molar-refractivity contribution in [2.75, 3.05) is 17.3 Å². The molecule has 0 aliphatic rings. The van der Waals surface area contributed by atoms with Gasteiger partial charge in [-0.1, -0.05) is 78.6 Å². The first-order valence-electron chi connectivity index (χ1n) is 9.07. The zero-order chi connectivity index (χ0) is 14.2. The van der Waals surface area contributed by atoms with Gasteiger partial charge in [0.25, 0.3) is 0 Å². The Hall–Kier alpha value is 0.350. The van der Waals surface area contributed by atoms with Gasteiger partial charge in [0.1, 0.15) is 0 Å². The van der Waals surface area contributed by atoms with Gasteiger partial charge in [0, 0.05) is 0 Å². The van der Waals surface area contributed by atoms with Crippen molar-refractivity contribution in [1.29, 1.82) is 0 Å². The smallest absolute Gasteiger partial charge is 0.0253 e. The van der Waals surface area contributed by atoms with Crippen molar-refractivity contribution >= 4 is 10.9 Å². The van der Waals surface area contributed by atoms with Gasteiger partial charge in [-0.15, -0.1) is 0 Å². The molecule has 1 heteroatoms. The Labute approximate surface area is 126 Å². The highest BCUT2D eigenvalue weighted by atomic mass is 32.2. The molecule has 0 spiro atoms. The summed E-state index contributed by atoms with van der Waals surface area (Å²) in [7, 11) is 0.389. The molecule has 0 aromatic heterocycles. The van der Waals surface area contributed by atoms with Gasteiger partial charge < -0.3 is 0 Å². The molecule has 0 nitrogen and oxygen atoms in total. The van der Waals surface area contributed by atoms with Crippen molar-refractivity contribution in [3.8, 4) is 0 Å². The van der Waals surface area contributed by atoms with Crippen LogP contribution in [0.5, 0.6) is 0 Å². The minimum absolute atomic E-state index is 0.389. The van der Waals surface area contributed by atoms with Crippen LogP contribution in [-0.4, -0.2) is 17.3 Å². The minimum Gasteiger partial charge on any atom is -0.253 e. The van der Waals surface area contributed by atoms with Gasteiger partial charge in [0.05, 0.1) is 0 Å². The van der Waals surface area contributed by atoms with Crippen LogP contribution in [0.25, 0.3) is 0 Å². The molecular weight excluding hydrogens is 248 g/mol. The van der Waals surface area contributed by atoms with E-state index in [0.717, 1.165) is 0 Å². The van der Waals surface area contributed by atoms with E-state index in [9.17, 15) is 0 Å². The summed E-state index contributed by atoms with van der Waals surface area (Å²) in [6, 6.07) is 0. The number of hydrogen-bond acceptors (Lipinski definition) is 0. The standard InChI is InChI=1S/C18H40S/c1-4-7-10-13-16-19(17-14-11-8-5-2)18-15-12-9-6-3/h19H,4-18H2,1-3H3. The van der Waals surface area contributed by atoms with Crippen LogP contribution in [0.2, 0.25) is 0 Å². The third-order valence-electron chi connectivity index (χ3n) is 3.98. The van der Waals surface area contributed by atoms with E-state index in [1.807, 2.05) is 0 Å². The van der Waals surface area contributed by atoms with Crippen molar-refractivity contribution in [2.24, 2.45) is 0 Å². The molecule has 0 saturated carbocycles. The molecule has 0 heterocycles. The van der Waals surface area contributed by atoms with E-state index in [4.69, 9.17) is 0 Å². The number of hydrogen-bond donors (Lipinski definition) is 1. The lowest BCUT2D eigenvalue weighted by atomic mass is 10.2. The van der Waals surface area contributed by atoms with Crippen LogP contribution in [0.3, 0.4) is 0 Å². The van der Waals surface area contributed by atoms with Gasteiger partial charge >= 0.3 is 0 Å².